The van der Waals surface area contributed by atoms with E-state index < -0.39 is 5.60 Å². The third-order valence-electron chi connectivity index (χ3n) is 3.35. The van der Waals surface area contributed by atoms with Crippen LogP contribution in [0.2, 0.25) is 0 Å². The van der Waals surface area contributed by atoms with E-state index in [0.29, 0.717) is 12.2 Å². The summed E-state index contributed by atoms with van der Waals surface area (Å²) in [7, 11) is 0. The third-order valence-corrected chi connectivity index (χ3v) is 3.35. The SMILES string of the molecule is CCOC1(C(=O)c2ccc(F)cc2)CCCC1. The van der Waals surface area contributed by atoms with Crippen molar-refractivity contribution in [2.24, 2.45) is 0 Å². The van der Waals surface area contributed by atoms with Crippen LogP contribution in [0.4, 0.5) is 4.39 Å². The summed E-state index contributed by atoms with van der Waals surface area (Å²) in [5, 5.41) is 0. The molecule has 17 heavy (non-hydrogen) atoms. The van der Waals surface area contributed by atoms with Crippen LogP contribution in [0.3, 0.4) is 0 Å². The Kier molecular flexibility index (Phi) is 3.57. The van der Waals surface area contributed by atoms with Crippen LogP contribution in [0.5, 0.6) is 0 Å². The molecule has 2 rings (SSSR count). The van der Waals surface area contributed by atoms with E-state index in [-0.39, 0.29) is 11.6 Å². The highest BCUT2D eigenvalue weighted by atomic mass is 19.1. The predicted molar refractivity (Wildman–Crippen MR) is 63.6 cm³/mol. The van der Waals surface area contributed by atoms with Crippen LogP contribution >= 0.6 is 0 Å². The van der Waals surface area contributed by atoms with Gasteiger partial charge in [-0.15, -0.1) is 0 Å². The first-order valence-electron chi connectivity index (χ1n) is 6.12. The normalized spacial score (nSPS) is 18.2. The monoisotopic (exact) mass is 236 g/mol. The number of halogens is 1. The number of rotatable bonds is 4. The van der Waals surface area contributed by atoms with Gasteiger partial charge in [-0.1, -0.05) is 0 Å². The van der Waals surface area contributed by atoms with Gasteiger partial charge in [0.1, 0.15) is 11.4 Å². The molecule has 0 atom stereocenters. The fourth-order valence-corrected chi connectivity index (χ4v) is 2.52. The lowest BCUT2D eigenvalue weighted by Crippen LogP contribution is -2.38. The van der Waals surface area contributed by atoms with Crippen molar-refractivity contribution in [1.82, 2.24) is 0 Å². The first kappa shape index (κ1) is 12.2. The predicted octanol–water partition coefficient (Wildman–Crippen LogP) is 3.36. The maximum atomic E-state index is 12.8. The Balaban J connectivity index is 2.25. The number of Topliss-reactive ketones (excluding diaryl/α,β-unsaturated/α-hetero) is 1. The lowest BCUT2D eigenvalue weighted by molar-refractivity contribution is -0.0163. The molecule has 0 bridgehead atoms. The Morgan fingerprint density at radius 3 is 2.41 bits per heavy atom. The first-order chi connectivity index (χ1) is 8.18. The highest BCUT2D eigenvalue weighted by molar-refractivity contribution is 6.02. The molecular formula is C14H17FO2. The number of benzene rings is 1. The van der Waals surface area contributed by atoms with Crippen molar-refractivity contribution in [3.05, 3.63) is 35.6 Å². The van der Waals surface area contributed by atoms with Gasteiger partial charge in [-0.25, -0.2) is 4.39 Å². The average Bonchev–Trinajstić information content (AvgIpc) is 2.79. The van der Waals surface area contributed by atoms with Crippen LogP contribution in [0.1, 0.15) is 43.0 Å². The van der Waals surface area contributed by atoms with Crippen LogP contribution in [-0.4, -0.2) is 18.0 Å². The summed E-state index contributed by atoms with van der Waals surface area (Å²) in [6.45, 7) is 2.44. The minimum Gasteiger partial charge on any atom is -0.367 e. The number of hydrogen-bond acceptors (Lipinski definition) is 2. The van der Waals surface area contributed by atoms with Crippen molar-refractivity contribution < 1.29 is 13.9 Å². The third kappa shape index (κ3) is 2.39. The standard InChI is InChI=1S/C14H17FO2/c1-2-17-14(9-3-4-10-14)13(16)11-5-7-12(15)8-6-11/h5-8H,2-4,9-10H2,1H3. The fraction of sp³-hybridized carbons (Fsp3) is 0.500. The van der Waals surface area contributed by atoms with Gasteiger partial charge in [0.2, 0.25) is 0 Å². The Labute approximate surface area is 101 Å². The van der Waals surface area contributed by atoms with E-state index in [1.54, 1.807) is 0 Å². The molecule has 1 fully saturated rings. The maximum absolute atomic E-state index is 12.8. The fourth-order valence-electron chi connectivity index (χ4n) is 2.52. The second-order valence-electron chi connectivity index (χ2n) is 4.47. The molecule has 0 aromatic heterocycles. The summed E-state index contributed by atoms with van der Waals surface area (Å²) >= 11 is 0. The minimum absolute atomic E-state index is 0.00292. The van der Waals surface area contributed by atoms with E-state index in [1.807, 2.05) is 6.92 Å². The zero-order chi connectivity index (χ0) is 12.3. The van der Waals surface area contributed by atoms with Crippen LogP contribution in [0.15, 0.2) is 24.3 Å². The average molecular weight is 236 g/mol. The molecule has 1 saturated carbocycles. The molecule has 1 aliphatic rings. The van der Waals surface area contributed by atoms with Gasteiger partial charge in [0.05, 0.1) is 0 Å². The summed E-state index contributed by atoms with van der Waals surface area (Å²) in [4.78, 5) is 12.4. The van der Waals surface area contributed by atoms with Gasteiger partial charge in [0.15, 0.2) is 5.78 Å². The molecule has 1 aromatic carbocycles. The van der Waals surface area contributed by atoms with E-state index in [4.69, 9.17) is 4.74 Å². The molecule has 3 heteroatoms. The minimum atomic E-state index is -0.660. The Bertz CT molecular complexity index is 391. The lowest BCUT2D eigenvalue weighted by atomic mass is 9.91. The zero-order valence-electron chi connectivity index (χ0n) is 10.0. The van der Waals surface area contributed by atoms with Crippen molar-refractivity contribution in [2.45, 2.75) is 38.2 Å². The molecule has 0 N–H and O–H groups in total. The lowest BCUT2D eigenvalue weighted by Gasteiger charge is -2.27. The molecule has 1 aliphatic carbocycles. The molecule has 0 unspecified atom stereocenters. The molecule has 0 saturated heterocycles. The Hall–Kier alpha value is -1.22. The quantitative estimate of drug-likeness (QED) is 0.749. The Morgan fingerprint density at radius 1 is 1.29 bits per heavy atom. The van der Waals surface area contributed by atoms with Gasteiger partial charge in [0, 0.05) is 12.2 Å². The van der Waals surface area contributed by atoms with E-state index >= 15 is 0 Å². The molecule has 0 amide bonds. The van der Waals surface area contributed by atoms with E-state index in [9.17, 15) is 9.18 Å². The van der Waals surface area contributed by atoms with Gasteiger partial charge in [0.25, 0.3) is 0 Å². The molecule has 0 spiro atoms. The van der Waals surface area contributed by atoms with Crippen LogP contribution in [0, 0.1) is 5.82 Å². The number of carbonyl (C=O) groups is 1. The summed E-state index contributed by atoms with van der Waals surface area (Å²) in [6.07, 6.45) is 3.59. The van der Waals surface area contributed by atoms with Crippen molar-refractivity contribution in [3.8, 4) is 0 Å². The number of hydrogen-bond donors (Lipinski definition) is 0. The van der Waals surface area contributed by atoms with Gasteiger partial charge in [-0.3, -0.25) is 4.79 Å². The van der Waals surface area contributed by atoms with Gasteiger partial charge in [-0.05, 0) is 56.9 Å². The first-order valence-corrected chi connectivity index (χ1v) is 6.12. The second-order valence-corrected chi connectivity index (χ2v) is 4.47. The van der Waals surface area contributed by atoms with Crippen molar-refractivity contribution in [2.75, 3.05) is 6.61 Å². The highest BCUT2D eigenvalue weighted by Gasteiger charge is 2.42. The van der Waals surface area contributed by atoms with E-state index in [0.717, 1.165) is 25.7 Å². The molecule has 0 heterocycles. The zero-order valence-corrected chi connectivity index (χ0v) is 10.0. The van der Waals surface area contributed by atoms with Gasteiger partial charge < -0.3 is 4.74 Å². The largest absolute Gasteiger partial charge is 0.367 e. The molecule has 92 valence electrons. The Morgan fingerprint density at radius 2 is 1.88 bits per heavy atom. The molecule has 2 nitrogen and oxygen atoms in total. The summed E-state index contributed by atoms with van der Waals surface area (Å²) in [5.74, 6) is -0.324. The smallest absolute Gasteiger partial charge is 0.194 e. The van der Waals surface area contributed by atoms with Gasteiger partial charge >= 0.3 is 0 Å². The van der Waals surface area contributed by atoms with Crippen molar-refractivity contribution in [3.63, 3.8) is 0 Å². The van der Waals surface area contributed by atoms with Crippen molar-refractivity contribution in [1.29, 1.82) is 0 Å². The molecule has 0 aliphatic heterocycles. The summed E-state index contributed by atoms with van der Waals surface area (Å²) in [5.41, 5.74) is -0.117. The van der Waals surface area contributed by atoms with E-state index in [2.05, 4.69) is 0 Å². The van der Waals surface area contributed by atoms with Gasteiger partial charge in [-0.2, -0.15) is 0 Å². The van der Waals surface area contributed by atoms with E-state index in [1.165, 1.54) is 24.3 Å². The number of ketones is 1. The van der Waals surface area contributed by atoms with Crippen molar-refractivity contribution >= 4 is 5.78 Å². The summed E-state index contributed by atoms with van der Waals surface area (Å²) < 4.78 is 18.5. The number of carbonyl (C=O) groups excluding carboxylic acids is 1. The topological polar surface area (TPSA) is 26.3 Å². The maximum Gasteiger partial charge on any atom is 0.194 e. The molecule has 1 aromatic rings. The highest BCUT2D eigenvalue weighted by Crippen LogP contribution is 2.36. The van der Waals surface area contributed by atoms with Crippen LogP contribution in [-0.2, 0) is 4.74 Å². The number of ether oxygens (including phenoxy) is 1. The van der Waals surface area contributed by atoms with Crippen LogP contribution in [0.25, 0.3) is 0 Å². The molecule has 0 radical (unpaired) electrons. The van der Waals surface area contributed by atoms with Crippen LogP contribution < -0.4 is 0 Å². The second kappa shape index (κ2) is 4.96. The summed E-state index contributed by atoms with van der Waals surface area (Å²) in [6, 6.07) is 5.72. The molecular weight excluding hydrogens is 219 g/mol.